The Kier molecular flexibility index (Phi) is 4.82. The molecule has 0 bridgehead atoms. The molecule has 0 aromatic heterocycles. The zero-order valence-electron chi connectivity index (χ0n) is 16.7. The lowest BCUT2D eigenvalue weighted by Crippen LogP contribution is -2.34. The number of nitrogens with zero attached hydrogens (tertiary/aromatic N) is 1. The zero-order chi connectivity index (χ0) is 20.6. The molecule has 2 heterocycles. The average Bonchev–Trinajstić information content (AvgIpc) is 3.31. The fourth-order valence-corrected chi connectivity index (χ4v) is 3.33. The Bertz CT molecular complexity index is 933. The Balaban J connectivity index is 1.35. The summed E-state index contributed by atoms with van der Waals surface area (Å²) in [5.74, 6) is 0.918. The number of amides is 2. The second-order valence-electron chi connectivity index (χ2n) is 8.19. The smallest absolute Gasteiger partial charge is 0.414 e. The van der Waals surface area contributed by atoms with E-state index in [2.05, 4.69) is 26.1 Å². The highest BCUT2D eigenvalue weighted by atomic mass is 16.7. The molecule has 1 atom stereocenters. The minimum Gasteiger partial charge on any atom is -0.454 e. The van der Waals surface area contributed by atoms with Crippen LogP contribution in [0.4, 0.5) is 10.5 Å². The van der Waals surface area contributed by atoms with Crippen molar-refractivity contribution in [2.45, 2.75) is 32.3 Å². The molecule has 1 fully saturated rings. The molecule has 2 amide bonds. The molecule has 1 unspecified atom stereocenters. The molecule has 4 rings (SSSR count). The molecule has 29 heavy (non-hydrogen) atoms. The Hall–Kier alpha value is -3.22. The van der Waals surface area contributed by atoms with Gasteiger partial charge in [-0.15, -0.1) is 0 Å². The van der Waals surface area contributed by atoms with Gasteiger partial charge >= 0.3 is 6.09 Å². The van der Waals surface area contributed by atoms with Crippen LogP contribution < -0.4 is 19.7 Å². The van der Waals surface area contributed by atoms with Crippen molar-refractivity contribution in [3.05, 3.63) is 53.6 Å². The molecule has 2 aromatic carbocycles. The molecule has 0 spiro atoms. The van der Waals surface area contributed by atoms with Crippen molar-refractivity contribution in [1.29, 1.82) is 0 Å². The summed E-state index contributed by atoms with van der Waals surface area (Å²) in [4.78, 5) is 26.3. The highest BCUT2D eigenvalue weighted by Gasteiger charge is 2.32. The van der Waals surface area contributed by atoms with Crippen molar-refractivity contribution in [3.63, 3.8) is 0 Å². The largest absolute Gasteiger partial charge is 0.454 e. The summed E-state index contributed by atoms with van der Waals surface area (Å²) in [6, 6.07) is 12.9. The van der Waals surface area contributed by atoms with Gasteiger partial charge in [0.1, 0.15) is 6.10 Å². The summed E-state index contributed by atoms with van der Waals surface area (Å²) in [6.07, 6.45) is -0.821. The first-order valence-corrected chi connectivity index (χ1v) is 9.58. The van der Waals surface area contributed by atoms with Crippen molar-refractivity contribution in [1.82, 2.24) is 5.32 Å². The summed E-state index contributed by atoms with van der Waals surface area (Å²) in [5, 5.41) is 2.81. The summed E-state index contributed by atoms with van der Waals surface area (Å²) in [5.41, 5.74) is 2.49. The molecule has 1 N–H and O–H groups in total. The van der Waals surface area contributed by atoms with Gasteiger partial charge in [0.2, 0.25) is 6.79 Å². The third-order valence-corrected chi connectivity index (χ3v) is 5.04. The van der Waals surface area contributed by atoms with Gasteiger partial charge in [0, 0.05) is 11.3 Å². The van der Waals surface area contributed by atoms with Crippen molar-refractivity contribution in [2.24, 2.45) is 0 Å². The lowest BCUT2D eigenvalue weighted by Gasteiger charge is -2.20. The highest BCUT2D eigenvalue weighted by Crippen LogP contribution is 2.32. The third-order valence-electron chi connectivity index (χ3n) is 5.04. The topological polar surface area (TPSA) is 77.1 Å². The number of cyclic esters (lactones) is 1. The van der Waals surface area contributed by atoms with E-state index in [1.54, 1.807) is 23.1 Å². The predicted molar refractivity (Wildman–Crippen MR) is 108 cm³/mol. The number of carbonyl (C=O) groups excluding carboxylic acids is 2. The third kappa shape index (κ3) is 3.99. The summed E-state index contributed by atoms with van der Waals surface area (Å²) in [6.45, 7) is 7.21. The van der Waals surface area contributed by atoms with E-state index in [1.807, 2.05) is 24.3 Å². The van der Waals surface area contributed by atoms with E-state index >= 15 is 0 Å². The predicted octanol–water partition coefficient (Wildman–Crippen LogP) is 3.47. The highest BCUT2D eigenvalue weighted by molar-refractivity contribution is 5.95. The zero-order valence-corrected chi connectivity index (χ0v) is 16.7. The van der Waals surface area contributed by atoms with Crippen molar-refractivity contribution in [3.8, 4) is 11.5 Å². The maximum atomic E-state index is 12.4. The van der Waals surface area contributed by atoms with Crippen molar-refractivity contribution < 1.29 is 23.8 Å². The minimum atomic E-state index is -0.414. The first-order chi connectivity index (χ1) is 13.8. The number of hydrogen-bond donors (Lipinski definition) is 1. The van der Waals surface area contributed by atoms with Gasteiger partial charge in [-0.3, -0.25) is 9.69 Å². The summed E-state index contributed by atoms with van der Waals surface area (Å²) >= 11 is 0. The molecule has 152 valence electrons. The maximum absolute atomic E-state index is 12.4. The number of nitrogens with one attached hydrogen (secondary N) is 1. The van der Waals surface area contributed by atoms with Gasteiger partial charge < -0.3 is 19.5 Å². The Morgan fingerprint density at radius 3 is 2.55 bits per heavy atom. The maximum Gasteiger partial charge on any atom is 0.414 e. The molecule has 7 nitrogen and oxygen atoms in total. The van der Waals surface area contributed by atoms with Crippen LogP contribution in [0.3, 0.4) is 0 Å². The van der Waals surface area contributed by atoms with E-state index in [0.29, 0.717) is 23.6 Å². The molecular weight excluding hydrogens is 372 g/mol. The standard InChI is InChI=1S/C22H24N2O5/c1-22(2,3)15-5-7-16(8-6-15)24-12-17(29-21(24)26)11-23-20(25)14-4-9-18-19(10-14)28-13-27-18/h4-10,17H,11-13H2,1-3H3,(H,23,25). The van der Waals surface area contributed by atoms with Crippen LogP contribution in [0.1, 0.15) is 36.7 Å². The van der Waals surface area contributed by atoms with E-state index in [0.717, 1.165) is 5.69 Å². The first-order valence-electron chi connectivity index (χ1n) is 9.58. The molecule has 0 saturated carbocycles. The number of benzene rings is 2. The number of anilines is 1. The van der Waals surface area contributed by atoms with Crippen LogP contribution in [0.25, 0.3) is 0 Å². The van der Waals surface area contributed by atoms with Crippen LogP contribution in [0.15, 0.2) is 42.5 Å². The fraction of sp³-hybridized carbons (Fsp3) is 0.364. The lowest BCUT2D eigenvalue weighted by atomic mass is 9.87. The molecule has 2 aliphatic heterocycles. The lowest BCUT2D eigenvalue weighted by molar-refractivity contribution is 0.0915. The molecular formula is C22H24N2O5. The van der Waals surface area contributed by atoms with Crippen molar-refractivity contribution >= 4 is 17.7 Å². The molecule has 0 radical (unpaired) electrons. The Morgan fingerprint density at radius 2 is 1.83 bits per heavy atom. The van der Waals surface area contributed by atoms with Crippen LogP contribution in [0.2, 0.25) is 0 Å². The van der Waals surface area contributed by atoms with Crippen molar-refractivity contribution in [2.75, 3.05) is 24.8 Å². The van der Waals surface area contributed by atoms with E-state index in [4.69, 9.17) is 14.2 Å². The quantitative estimate of drug-likeness (QED) is 0.856. The average molecular weight is 396 g/mol. The van der Waals surface area contributed by atoms with Crippen LogP contribution in [0.5, 0.6) is 11.5 Å². The molecule has 0 aliphatic carbocycles. The molecule has 2 aliphatic rings. The van der Waals surface area contributed by atoms with Crippen LogP contribution in [0, 0.1) is 0 Å². The van der Waals surface area contributed by atoms with Gasteiger partial charge in [0.25, 0.3) is 5.91 Å². The normalized spacial score (nSPS) is 18.0. The van der Waals surface area contributed by atoms with Gasteiger partial charge in [0.15, 0.2) is 11.5 Å². The summed E-state index contributed by atoms with van der Waals surface area (Å²) < 4.78 is 16.0. The Morgan fingerprint density at radius 1 is 1.10 bits per heavy atom. The van der Waals surface area contributed by atoms with E-state index in [9.17, 15) is 9.59 Å². The Labute approximate surface area is 169 Å². The SMILES string of the molecule is CC(C)(C)c1ccc(N2CC(CNC(=O)c3ccc4c(c3)OCO4)OC2=O)cc1. The number of hydrogen-bond acceptors (Lipinski definition) is 5. The first kappa shape index (κ1) is 19.1. The fourth-order valence-electron chi connectivity index (χ4n) is 3.33. The molecule has 2 aromatic rings. The number of rotatable bonds is 4. The molecule has 1 saturated heterocycles. The van der Waals surface area contributed by atoms with E-state index in [1.165, 1.54) is 5.56 Å². The van der Waals surface area contributed by atoms with Gasteiger partial charge in [-0.2, -0.15) is 0 Å². The minimum absolute atomic E-state index is 0.0472. The van der Waals surface area contributed by atoms with Crippen LogP contribution >= 0.6 is 0 Å². The van der Waals surface area contributed by atoms with Gasteiger partial charge in [0.05, 0.1) is 13.1 Å². The van der Waals surface area contributed by atoms with Crippen LogP contribution in [-0.2, 0) is 10.2 Å². The number of ether oxygens (including phenoxy) is 3. The molecule has 7 heteroatoms. The summed E-state index contributed by atoms with van der Waals surface area (Å²) in [7, 11) is 0. The monoisotopic (exact) mass is 396 g/mol. The second-order valence-corrected chi connectivity index (χ2v) is 8.19. The van der Waals surface area contributed by atoms with Gasteiger partial charge in [-0.05, 0) is 41.3 Å². The second kappa shape index (κ2) is 7.31. The number of carbonyl (C=O) groups is 2. The van der Waals surface area contributed by atoms with E-state index in [-0.39, 0.29) is 24.7 Å². The van der Waals surface area contributed by atoms with Gasteiger partial charge in [-0.1, -0.05) is 32.9 Å². The number of fused-ring (bicyclic) bond motifs is 1. The van der Waals surface area contributed by atoms with Gasteiger partial charge in [-0.25, -0.2) is 4.79 Å². The van der Waals surface area contributed by atoms with Crippen LogP contribution in [-0.4, -0.2) is 38.0 Å². The van der Waals surface area contributed by atoms with E-state index < -0.39 is 12.2 Å².